The van der Waals surface area contributed by atoms with Crippen LogP contribution in [-0.4, -0.2) is 29.4 Å². The number of benzene rings is 1. The van der Waals surface area contributed by atoms with Crippen LogP contribution < -0.4 is 0 Å². The standard InChI is InChI=1S/C14H9N3O2Se/c18-17(19)11-6-4-10(5-7-11)13-9-20-14(16-13)12-3-1-2-8-15-12/h1-9H. The van der Waals surface area contributed by atoms with E-state index in [1.807, 2.05) is 18.2 Å². The van der Waals surface area contributed by atoms with Gasteiger partial charge in [0.2, 0.25) is 0 Å². The van der Waals surface area contributed by atoms with Crippen LogP contribution in [0.25, 0.3) is 21.5 Å². The van der Waals surface area contributed by atoms with Crippen molar-refractivity contribution < 1.29 is 4.92 Å². The molecule has 5 nitrogen and oxygen atoms in total. The SMILES string of the molecule is O=[N+]([O-])c1ccc(-c2c[se]c(-c3ccccn3)n2)cc1. The Morgan fingerprint density at radius 3 is 2.50 bits per heavy atom. The number of nitro benzene ring substituents is 1. The van der Waals surface area contributed by atoms with E-state index in [1.54, 1.807) is 18.3 Å². The van der Waals surface area contributed by atoms with Crippen molar-refractivity contribution in [2.24, 2.45) is 0 Å². The molecule has 3 aromatic rings. The fourth-order valence-corrected chi connectivity index (χ4v) is 3.46. The number of hydrogen-bond donors (Lipinski definition) is 0. The molecule has 0 amide bonds. The third kappa shape index (κ3) is 2.52. The van der Waals surface area contributed by atoms with E-state index in [4.69, 9.17) is 0 Å². The van der Waals surface area contributed by atoms with Crippen LogP contribution in [0.4, 0.5) is 5.69 Å². The maximum absolute atomic E-state index is 10.6. The van der Waals surface area contributed by atoms with E-state index in [-0.39, 0.29) is 20.2 Å². The third-order valence-electron chi connectivity index (χ3n) is 2.76. The van der Waals surface area contributed by atoms with E-state index in [0.29, 0.717) is 0 Å². The predicted molar refractivity (Wildman–Crippen MR) is 76.5 cm³/mol. The summed E-state index contributed by atoms with van der Waals surface area (Å²) in [7, 11) is 0. The molecule has 0 atom stereocenters. The number of non-ortho nitro benzene ring substituents is 1. The molecule has 0 bridgehead atoms. The molecular formula is C14H9N3O2Se. The van der Waals surface area contributed by atoms with Gasteiger partial charge >= 0.3 is 120 Å². The summed E-state index contributed by atoms with van der Waals surface area (Å²) in [6, 6.07) is 12.2. The molecule has 6 heteroatoms. The number of nitrogens with zero attached hydrogens (tertiary/aromatic N) is 3. The topological polar surface area (TPSA) is 68.9 Å². The fraction of sp³-hybridized carbons (Fsp3) is 0. The van der Waals surface area contributed by atoms with Crippen molar-refractivity contribution in [3.8, 4) is 21.5 Å². The minimum absolute atomic E-state index is 0.0896. The van der Waals surface area contributed by atoms with Crippen molar-refractivity contribution in [3.63, 3.8) is 0 Å². The predicted octanol–water partition coefficient (Wildman–Crippen LogP) is 2.78. The summed E-state index contributed by atoms with van der Waals surface area (Å²) in [4.78, 5) is 21.2. The Kier molecular flexibility index (Phi) is 3.41. The van der Waals surface area contributed by atoms with E-state index < -0.39 is 4.92 Å². The van der Waals surface area contributed by atoms with E-state index in [9.17, 15) is 10.1 Å². The van der Waals surface area contributed by atoms with Crippen LogP contribution in [0.15, 0.2) is 53.6 Å². The number of pyridine rings is 1. The van der Waals surface area contributed by atoms with Gasteiger partial charge in [-0.1, -0.05) is 0 Å². The minimum atomic E-state index is -0.403. The summed E-state index contributed by atoms with van der Waals surface area (Å²) in [6.07, 6.45) is 1.75. The molecule has 1 aromatic carbocycles. The number of aromatic nitrogens is 2. The Morgan fingerprint density at radius 1 is 1.05 bits per heavy atom. The van der Waals surface area contributed by atoms with Crippen LogP contribution in [0.3, 0.4) is 0 Å². The molecule has 0 saturated carbocycles. The summed E-state index contributed by atoms with van der Waals surface area (Å²) in [6.45, 7) is 0. The Balaban J connectivity index is 1.92. The van der Waals surface area contributed by atoms with Crippen molar-refractivity contribution >= 4 is 20.2 Å². The van der Waals surface area contributed by atoms with Gasteiger partial charge in [0, 0.05) is 0 Å². The van der Waals surface area contributed by atoms with E-state index in [2.05, 4.69) is 14.9 Å². The van der Waals surface area contributed by atoms with Gasteiger partial charge < -0.3 is 0 Å². The third-order valence-corrected chi connectivity index (χ3v) is 4.58. The molecule has 0 aliphatic heterocycles. The second kappa shape index (κ2) is 5.36. The molecule has 0 fully saturated rings. The quantitative estimate of drug-likeness (QED) is 0.421. The number of nitro groups is 1. The molecule has 0 unspecified atom stereocenters. The summed E-state index contributed by atoms with van der Waals surface area (Å²) < 4.78 is 0.978. The van der Waals surface area contributed by atoms with Gasteiger partial charge in [-0.25, -0.2) is 0 Å². The van der Waals surface area contributed by atoms with Gasteiger partial charge in [0.1, 0.15) is 0 Å². The maximum atomic E-state index is 10.6. The Bertz CT molecular complexity index is 739. The molecule has 0 N–H and O–H groups in total. The molecular weight excluding hydrogens is 321 g/mol. The second-order valence-corrected chi connectivity index (χ2v) is 5.86. The Hall–Kier alpha value is -2.30. The zero-order valence-electron chi connectivity index (χ0n) is 10.3. The molecule has 0 aliphatic rings. The second-order valence-electron chi connectivity index (χ2n) is 4.06. The van der Waals surface area contributed by atoms with Crippen molar-refractivity contribution in [1.29, 1.82) is 0 Å². The number of hydrogen-bond acceptors (Lipinski definition) is 4. The monoisotopic (exact) mass is 331 g/mol. The van der Waals surface area contributed by atoms with Gasteiger partial charge in [0.05, 0.1) is 0 Å². The summed E-state index contributed by atoms with van der Waals surface area (Å²) >= 11 is 0.144. The molecule has 3 rings (SSSR count). The van der Waals surface area contributed by atoms with Crippen LogP contribution in [0, 0.1) is 10.1 Å². The zero-order valence-corrected chi connectivity index (χ0v) is 12.0. The molecule has 20 heavy (non-hydrogen) atoms. The molecule has 0 aliphatic carbocycles. The summed E-state index contributed by atoms with van der Waals surface area (Å²) in [5.74, 6) is 0. The molecule has 2 heterocycles. The zero-order chi connectivity index (χ0) is 13.9. The van der Waals surface area contributed by atoms with E-state index in [0.717, 1.165) is 21.5 Å². The normalized spacial score (nSPS) is 10.4. The molecule has 2 aromatic heterocycles. The van der Waals surface area contributed by atoms with Crippen LogP contribution in [-0.2, 0) is 0 Å². The average Bonchev–Trinajstić information content (AvgIpc) is 2.98. The van der Waals surface area contributed by atoms with Crippen LogP contribution in [0.5, 0.6) is 0 Å². The molecule has 98 valence electrons. The van der Waals surface area contributed by atoms with Gasteiger partial charge in [-0.3, -0.25) is 0 Å². The van der Waals surface area contributed by atoms with Gasteiger partial charge in [0.15, 0.2) is 0 Å². The first-order valence-corrected chi connectivity index (χ1v) is 7.70. The van der Waals surface area contributed by atoms with Gasteiger partial charge in [-0.05, 0) is 0 Å². The molecule has 0 radical (unpaired) electrons. The first kappa shape index (κ1) is 12.7. The van der Waals surface area contributed by atoms with Crippen LogP contribution in [0.2, 0.25) is 0 Å². The summed E-state index contributed by atoms with van der Waals surface area (Å²) in [5, 5.41) is 10.6. The number of rotatable bonds is 3. The summed E-state index contributed by atoms with van der Waals surface area (Å²) in [5.41, 5.74) is 2.73. The van der Waals surface area contributed by atoms with E-state index in [1.165, 1.54) is 12.1 Å². The van der Waals surface area contributed by atoms with Crippen molar-refractivity contribution in [2.45, 2.75) is 0 Å². The molecule has 0 saturated heterocycles. The van der Waals surface area contributed by atoms with Crippen LogP contribution in [0.1, 0.15) is 0 Å². The van der Waals surface area contributed by atoms with Crippen molar-refractivity contribution in [2.75, 3.05) is 0 Å². The van der Waals surface area contributed by atoms with Gasteiger partial charge in [0.25, 0.3) is 0 Å². The first-order chi connectivity index (χ1) is 9.74. The fourth-order valence-electron chi connectivity index (χ4n) is 1.77. The first-order valence-electron chi connectivity index (χ1n) is 5.86. The Morgan fingerprint density at radius 2 is 1.85 bits per heavy atom. The van der Waals surface area contributed by atoms with Crippen LogP contribution >= 0.6 is 0 Å². The molecule has 0 spiro atoms. The van der Waals surface area contributed by atoms with Gasteiger partial charge in [-0.15, -0.1) is 0 Å². The van der Waals surface area contributed by atoms with Crippen molar-refractivity contribution in [1.82, 2.24) is 9.97 Å². The average molecular weight is 330 g/mol. The van der Waals surface area contributed by atoms with Crippen molar-refractivity contribution in [3.05, 3.63) is 63.7 Å². The Labute approximate surface area is 120 Å². The van der Waals surface area contributed by atoms with E-state index >= 15 is 0 Å². The van der Waals surface area contributed by atoms with Gasteiger partial charge in [-0.2, -0.15) is 0 Å².